The van der Waals surface area contributed by atoms with Crippen LogP contribution in [0.2, 0.25) is 5.02 Å². The minimum atomic E-state index is -0.322. The third-order valence-electron chi connectivity index (χ3n) is 2.40. The maximum Gasteiger partial charge on any atom is 0.337 e. The molecule has 19 heavy (non-hydrogen) atoms. The number of ether oxygens (including phenoxy) is 1. The van der Waals surface area contributed by atoms with Crippen LogP contribution in [0.25, 0.3) is 0 Å². The highest BCUT2D eigenvalue weighted by Crippen LogP contribution is 2.32. The molecule has 2 nitrogen and oxygen atoms in total. The van der Waals surface area contributed by atoms with Crippen molar-refractivity contribution in [3.05, 3.63) is 56.6 Å². The predicted octanol–water partition coefficient (Wildman–Crippen LogP) is 4.88. The Bertz CT molecular complexity index is 599. The van der Waals surface area contributed by atoms with Crippen LogP contribution in [0.15, 0.2) is 52.3 Å². The molecule has 0 aliphatic carbocycles. The van der Waals surface area contributed by atoms with Gasteiger partial charge in [0.1, 0.15) is 0 Å². The van der Waals surface area contributed by atoms with Gasteiger partial charge >= 0.3 is 5.97 Å². The van der Waals surface area contributed by atoms with Crippen molar-refractivity contribution in [2.75, 3.05) is 7.11 Å². The zero-order chi connectivity index (χ0) is 13.8. The van der Waals surface area contributed by atoms with Crippen LogP contribution in [-0.2, 0) is 4.74 Å². The van der Waals surface area contributed by atoms with Gasteiger partial charge in [-0.15, -0.1) is 0 Å². The van der Waals surface area contributed by atoms with Gasteiger partial charge in [-0.3, -0.25) is 0 Å². The molecular formula is C14H10ClIO2S. The van der Waals surface area contributed by atoms with E-state index in [-0.39, 0.29) is 5.97 Å². The van der Waals surface area contributed by atoms with Crippen LogP contribution in [0, 0.1) is 3.57 Å². The fraction of sp³-hybridized carbons (Fsp3) is 0.0714. The molecule has 0 saturated heterocycles. The van der Waals surface area contributed by atoms with Crippen molar-refractivity contribution in [2.45, 2.75) is 9.79 Å². The first-order valence-corrected chi connectivity index (χ1v) is 7.69. The number of carbonyl (C=O) groups is 1. The molecule has 98 valence electrons. The summed E-state index contributed by atoms with van der Waals surface area (Å²) in [4.78, 5) is 13.5. The normalized spacial score (nSPS) is 10.3. The molecule has 0 heterocycles. The number of methoxy groups -OCH3 is 1. The number of benzene rings is 2. The molecule has 0 fully saturated rings. The monoisotopic (exact) mass is 404 g/mol. The molecule has 2 aromatic carbocycles. The smallest absolute Gasteiger partial charge is 0.337 e. The highest BCUT2D eigenvalue weighted by molar-refractivity contribution is 14.1. The summed E-state index contributed by atoms with van der Waals surface area (Å²) >= 11 is 9.82. The zero-order valence-corrected chi connectivity index (χ0v) is 13.8. The van der Waals surface area contributed by atoms with Gasteiger partial charge in [0.25, 0.3) is 0 Å². The third kappa shape index (κ3) is 3.87. The molecule has 0 aliphatic rings. The van der Waals surface area contributed by atoms with Crippen LogP contribution in [-0.4, -0.2) is 13.1 Å². The minimum absolute atomic E-state index is 0.322. The van der Waals surface area contributed by atoms with Crippen molar-refractivity contribution < 1.29 is 9.53 Å². The second-order valence-electron chi connectivity index (χ2n) is 3.69. The molecule has 0 radical (unpaired) electrons. The molecule has 0 N–H and O–H groups in total. The summed E-state index contributed by atoms with van der Waals surface area (Å²) in [6.45, 7) is 0. The quantitative estimate of drug-likeness (QED) is 0.538. The average Bonchev–Trinajstić information content (AvgIpc) is 2.42. The number of halogens is 2. The lowest BCUT2D eigenvalue weighted by atomic mass is 10.2. The molecule has 5 heteroatoms. The van der Waals surface area contributed by atoms with E-state index >= 15 is 0 Å². The van der Waals surface area contributed by atoms with Crippen LogP contribution in [0.4, 0.5) is 0 Å². The van der Waals surface area contributed by atoms with Crippen LogP contribution < -0.4 is 0 Å². The summed E-state index contributed by atoms with van der Waals surface area (Å²) in [7, 11) is 1.38. The lowest BCUT2D eigenvalue weighted by molar-refractivity contribution is 0.0600. The van der Waals surface area contributed by atoms with Gasteiger partial charge < -0.3 is 4.74 Å². The molecule has 0 atom stereocenters. The van der Waals surface area contributed by atoms with E-state index in [0.717, 1.165) is 18.4 Å². The summed E-state index contributed by atoms with van der Waals surface area (Å²) in [5, 5.41) is 0.731. The Balaban J connectivity index is 2.17. The number of esters is 1. The topological polar surface area (TPSA) is 26.3 Å². The Morgan fingerprint density at radius 2 is 1.89 bits per heavy atom. The summed E-state index contributed by atoms with van der Waals surface area (Å²) in [5.41, 5.74) is 0.553. The maximum atomic E-state index is 11.3. The van der Waals surface area contributed by atoms with Crippen molar-refractivity contribution in [3.63, 3.8) is 0 Å². The molecule has 2 rings (SSSR count). The average molecular weight is 405 g/mol. The molecular weight excluding hydrogens is 395 g/mol. The Morgan fingerprint density at radius 1 is 1.21 bits per heavy atom. The zero-order valence-electron chi connectivity index (χ0n) is 10.0. The Kier molecular flexibility index (Phi) is 5.13. The van der Waals surface area contributed by atoms with Crippen LogP contribution in [0.5, 0.6) is 0 Å². The van der Waals surface area contributed by atoms with Crippen molar-refractivity contribution in [3.8, 4) is 0 Å². The van der Waals surface area contributed by atoms with Gasteiger partial charge in [-0.25, -0.2) is 4.79 Å². The van der Waals surface area contributed by atoms with E-state index in [2.05, 4.69) is 27.3 Å². The lowest BCUT2D eigenvalue weighted by Crippen LogP contribution is -2.00. The van der Waals surface area contributed by atoms with Crippen LogP contribution >= 0.6 is 46.0 Å². The number of rotatable bonds is 3. The molecule has 0 aliphatic heterocycles. The minimum Gasteiger partial charge on any atom is -0.465 e. The maximum absolute atomic E-state index is 11.3. The summed E-state index contributed by atoms with van der Waals surface area (Å²) < 4.78 is 5.77. The van der Waals surface area contributed by atoms with E-state index in [1.165, 1.54) is 7.11 Å². The van der Waals surface area contributed by atoms with E-state index in [9.17, 15) is 4.79 Å². The first-order chi connectivity index (χ1) is 9.10. The molecule has 0 spiro atoms. The van der Waals surface area contributed by atoms with E-state index in [1.807, 2.05) is 30.3 Å². The number of hydrogen-bond donors (Lipinski definition) is 0. The van der Waals surface area contributed by atoms with Gasteiger partial charge in [-0.1, -0.05) is 23.4 Å². The van der Waals surface area contributed by atoms with Gasteiger partial charge in [-0.05, 0) is 65.1 Å². The molecule has 0 unspecified atom stereocenters. The fourth-order valence-corrected chi connectivity index (χ4v) is 3.48. The summed E-state index contributed by atoms with van der Waals surface area (Å²) in [6.07, 6.45) is 0. The van der Waals surface area contributed by atoms with Crippen molar-refractivity contribution in [1.29, 1.82) is 0 Å². The molecule has 2 aromatic rings. The van der Waals surface area contributed by atoms with Crippen LogP contribution in [0.1, 0.15) is 10.4 Å². The SMILES string of the molecule is COC(=O)c1ccc(Sc2ccc(Cl)cc2I)cc1. The molecule has 0 bridgehead atoms. The highest BCUT2D eigenvalue weighted by Gasteiger charge is 2.06. The van der Waals surface area contributed by atoms with E-state index in [1.54, 1.807) is 23.9 Å². The molecule has 0 aromatic heterocycles. The van der Waals surface area contributed by atoms with Crippen molar-refractivity contribution in [2.24, 2.45) is 0 Å². The number of carbonyl (C=O) groups excluding carboxylic acids is 1. The summed E-state index contributed by atoms with van der Waals surface area (Å²) in [5.74, 6) is -0.322. The highest BCUT2D eigenvalue weighted by atomic mass is 127. The van der Waals surface area contributed by atoms with E-state index in [4.69, 9.17) is 11.6 Å². The Morgan fingerprint density at radius 3 is 2.47 bits per heavy atom. The summed E-state index contributed by atoms with van der Waals surface area (Å²) in [6, 6.07) is 13.1. The van der Waals surface area contributed by atoms with Gasteiger partial charge in [0.05, 0.1) is 12.7 Å². The van der Waals surface area contributed by atoms with Gasteiger partial charge in [-0.2, -0.15) is 0 Å². The standard InChI is InChI=1S/C14H10ClIO2S/c1-18-14(17)9-2-5-11(6-3-9)19-13-7-4-10(15)8-12(13)16/h2-8H,1H3. The molecule has 0 saturated carbocycles. The molecule has 0 amide bonds. The van der Waals surface area contributed by atoms with Crippen LogP contribution in [0.3, 0.4) is 0 Å². The van der Waals surface area contributed by atoms with E-state index < -0.39 is 0 Å². The first kappa shape index (κ1) is 14.7. The second kappa shape index (κ2) is 6.63. The van der Waals surface area contributed by atoms with Gasteiger partial charge in [0, 0.05) is 18.4 Å². The Labute approximate surface area is 134 Å². The van der Waals surface area contributed by atoms with Gasteiger partial charge in [0.2, 0.25) is 0 Å². The Hall–Kier alpha value is -0.720. The predicted molar refractivity (Wildman–Crippen MR) is 86.1 cm³/mol. The largest absolute Gasteiger partial charge is 0.465 e. The van der Waals surface area contributed by atoms with Crippen molar-refractivity contribution >= 4 is 51.9 Å². The number of hydrogen-bond acceptors (Lipinski definition) is 3. The lowest BCUT2D eigenvalue weighted by Gasteiger charge is -2.05. The van der Waals surface area contributed by atoms with Crippen molar-refractivity contribution in [1.82, 2.24) is 0 Å². The third-order valence-corrected chi connectivity index (χ3v) is 4.97. The first-order valence-electron chi connectivity index (χ1n) is 5.41. The second-order valence-corrected chi connectivity index (χ2v) is 6.41. The fourth-order valence-electron chi connectivity index (χ4n) is 1.46. The van der Waals surface area contributed by atoms with E-state index in [0.29, 0.717) is 5.56 Å². The van der Waals surface area contributed by atoms with Gasteiger partial charge in [0.15, 0.2) is 0 Å².